The van der Waals surface area contributed by atoms with Crippen LogP contribution in [0.4, 0.5) is 0 Å². The van der Waals surface area contributed by atoms with Crippen molar-refractivity contribution in [3.05, 3.63) is 58.7 Å². The van der Waals surface area contributed by atoms with Crippen molar-refractivity contribution >= 4 is 0 Å². The Bertz CT molecular complexity index is 699. The van der Waals surface area contributed by atoms with E-state index in [0.29, 0.717) is 28.7 Å². The number of rotatable bonds is 11. The molecule has 0 aromatic heterocycles. The standard InChI is InChI=1S/C24H34O4/c1-3-6-18(19-9-11-23(27)12-10-19)8-5-7-17(4-2)20-13-21(15-25)24(28)22(14-20)16-26/h9-14,17-18,25-28H,3-8,15-16H2,1-2H3. The quantitative estimate of drug-likeness (QED) is 0.421. The summed E-state index contributed by atoms with van der Waals surface area (Å²) in [6, 6.07) is 11.3. The highest BCUT2D eigenvalue weighted by Gasteiger charge is 2.17. The molecule has 2 unspecified atom stereocenters. The van der Waals surface area contributed by atoms with Gasteiger partial charge in [0.15, 0.2) is 0 Å². The van der Waals surface area contributed by atoms with Crippen LogP contribution in [0.5, 0.6) is 11.5 Å². The number of benzene rings is 2. The minimum atomic E-state index is -0.234. The largest absolute Gasteiger partial charge is 0.508 e. The van der Waals surface area contributed by atoms with Gasteiger partial charge in [-0.2, -0.15) is 0 Å². The Labute approximate surface area is 168 Å². The van der Waals surface area contributed by atoms with E-state index in [1.165, 1.54) is 5.56 Å². The molecule has 0 bridgehead atoms. The number of hydrogen-bond donors (Lipinski definition) is 4. The Hall–Kier alpha value is -2.04. The highest BCUT2D eigenvalue weighted by molar-refractivity contribution is 5.44. The minimum Gasteiger partial charge on any atom is -0.508 e. The van der Waals surface area contributed by atoms with E-state index in [0.717, 1.165) is 44.1 Å². The first-order valence-corrected chi connectivity index (χ1v) is 10.4. The van der Waals surface area contributed by atoms with Gasteiger partial charge in [0.2, 0.25) is 0 Å². The van der Waals surface area contributed by atoms with Gasteiger partial charge in [0.1, 0.15) is 11.5 Å². The lowest BCUT2D eigenvalue weighted by molar-refractivity contribution is 0.263. The van der Waals surface area contributed by atoms with Gasteiger partial charge in [0.25, 0.3) is 0 Å². The first-order valence-electron chi connectivity index (χ1n) is 10.4. The summed E-state index contributed by atoms with van der Waals surface area (Å²) in [5, 5.41) is 38.6. The molecule has 28 heavy (non-hydrogen) atoms. The fourth-order valence-electron chi connectivity index (χ4n) is 4.05. The zero-order valence-corrected chi connectivity index (χ0v) is 17.1. The van der Waals surface area contributed by atoms with Gasteiger partial charge < -0.3 is 20.4 Å². The first kappa shape index (κ1) is 22.3. The molecular weight excluding hydrogens is 352 g/mol. The molecule has 4 heteroatoms. The smallest absolute Gasteiger partial charge is 0.126 e. The third-order valence-electron chi connectivity index (χ3n) is 5.70. The summed E-state index contributed by atoms with van der Waals surface area (Å²) in [6.07, 6.45) is 6.42. The van der Waals surface area contributed by atoms with Crippen molar-refractivity contribution in [3.63, 3.8) is 0 Å². The summed E-state index contributed by atoms with van der Waals surface area (Å²) >= 11 is 0. The monoisotopic (exact) mass is 386 g/mol. The predicted molar refractivity (Wildman–Crippen MR) is 113 cm³/mol. The third-order valence-corrected chi connectivity index (χ3v) is 5.70. The van der Waals surface area contributed by atoms with E-state index >= 15 is 0 Å². The van der Waals surface area contributed by atoms with Gasteiger partial charge in [-0.05, 0) is 72.9 Å². The van der Waals surface area contributed by atoms with Gasteiger partial charge >= 0.3 is 0 Å². The van der Waals surface area contributed by atoms with Gasteiger partial charge in [-0.3, -0.25) is 0 Å². The predicted octanol–water partition coefficient (Wildman–Crippen LogP) is 5.33. The molecule has 0 aliphatic carbocycles. The maximum atomic E-state index is 10.1. The van der Waals surface area contributed by atoms with E-state index < -0.39 is 0 Å². The molecular formula is C24H34O4. The molecule has 0 saturated carbocycles. The molecule has 2 aromatic carbocycles. The second-order valence-corrected chi connectivity index (χ2v) is 7.62. The van der Waals surface area contributed by atoms with Crippen LogP contribution in [0.15, 0.2) is 36.4 Å². The number of phenolic OH excluding ortho intramolecular Hbond substituents is 1. The Balaban J connectivity index is 2.07. The zero-order chi connectivity index (χ0) is 20.5. The summed E-state index contributed by atoms with van der Waals surface area (Å²) in [5.41, 5.74) is 3.31. The molecule has 0 fully saturated rings. The summed E-state index contributed by atoms with van der Waals surface area (Å²) in [4.78, 5) is 0. The fraction of sp³-hybridized carbons (Fsp3) is 0.500. The lowest BCUT2D eigenvalue weighted by atomic mass is 9.85. The van der Waals surface area contributed by atoms with E-state index in [1.807, 2.05) is 24.3 Å². The van der Waals surface area contributed by atoms with Crippen LogP contribution in [0.3, 0.4) is 0 Å². The minimum absolute atomic E-state index is 0.000979. The molecule has 2 rings (SSSR count). The molecule has 0 heterocycles. The number of hydrogen-bond acceptors (Lipinski definition) is 4. The summed E-state index contributed by atoms with van der Waals surface area (Å²) in [7, 11) is 0. The van der Waals surface area contributed by atoms with E-state index in [4.69, 9.17) is 0 Å². The van der Waals surface area contributed by atoms with Crippen LogP contribution in [0, 0.1) is 0 Å². The Morgan fingerprint density at radius 2 is 1.32 bits per heavy atom. The second-order valence-electron chi connectivity index (χ2n) is 7.62. The number of aliphatic hydroxyl groups excluding tert-OH is 2. The summed E-state index contributed by atoms with van der Waals surface area (Å²) in [5.74, 6) is 1.12. The lowest BCUT2D eigenvalue weighted by Crippen LogP contribution is -2.04. The average molecular weight is 387 g/mol. The maximum absolute atomic E-state index is 10.1. The van der Waals surface area contributed by atoms with Crippen LogP contribution in [0.25, 0.3) is 0 Å². The molecule has 154 valence electrons. The highest BCUT2D eigenvalue weighted by Crippen LogP contribution is 2.34. The molecule has 0 amide bonds. The fourth-order valence-corrected chi connectivity index (χ4v) is 4.05. The van der Waals surface area contributed by atoms with Crippen LogP contribution >= 0.6 is 0 Å². The van der Waals surface area contributed by atoms with Crippen molar-refractivity contribution < 1.29 is 20.4 Å². The Kier molecular flexibility index (Phi) is 8.81. The van der Waals surface area contributed by atoms with Crippen molar-refractivity contribution in [2.75, 3.05) is 0 Å². The van der Waals surface area contributed by atoms with E-state index in [1.54, 1.807) is 12.1 Å². The van der Waals surface area contributed by atoms with Gasteiger partial charge in [0, 0.05) is 11.1 Å². The van der Waals surface area contributed by atoms with Crippen molar-refractivity contribution in [2.24, 2.45) is 0 Å². The molecule has 2 aromatic rings. The van der Waals surface area contributed by atoms with E-state index in [9.17, 15) is 20.4 Å². The second kappa shape index (κ2) is 11.1. The number of aromatic hydroxyl groups is 2. The van der Waals surface area contributed by atoms with Crippen LogP contribution in [-0.4, -0.2) is 20.4 Å². The molecule has 0 aliphatic rings. The van der Waals surface area contributed by atoms with Gasteiger partial charge in [-0.25, -0.2) is 0 Å². The maximum Gasteiger partial charge on any atom is 0.126 e. The molecule has 4 nitrogen and oxygen atoms in total. The van der Waals surface area contributed by atoms with Crippen LogP contribution in [-0.2, 0) is 13.2 Å². The topological polar surface area (TPSA) is 80.9 Å². The van der Waals surface area contributed by atoms with Crippen molar-refractivity contribution in [1.29, 1.82) is 0 Å². The molecule has 0 radical (unpaired) electrons. The van der Waals surface area contributed by atoms with Crippen molar-refractivity contribution in [3.8, 4) is 11.5 Å². The molecule has 4 N–H and O–H groups in total. The average Bonchev–Trinajstić information content (AvgIpc) is 2.71. The van der Waals surface area contributed by atoms with Crippen LogP contribution in [0.2, 0.25) is 0 Å². The highest BCUT2D eigenvalue weighted by atomic mass is 16.3. The van der Waals surface area contributed by atoms with E-state index in [2.05, 4.69) is 13.8 Å². The van der Waals surface area contributed by atoms with Crippen molar-refractivity contribution in [2.45, 2.75) is 77.4 Å². The van der Waals surface area contributed by atoms with Gasteiger partial charge in [0.05, 0.1) is 13.2 Å². The molecule has 2 atom stereocenters. The van der Waals surface area contributed by atoms with Crippen LogP contribution in [0.1, 0.15) is 86.5 Å². The Morgan fingerprint density at radius 3 is 1.82 bits per heavy atom. The van der Waals surface area contributed by atoms with Gasteiger partial charge in [-0.15, -0.1) is 0 Å². The SMILES string of the molecule is CCCC(CCCC(CC)c1cc(CO)c(O)c(CO)c1)c1ccc(O)cc1. The first-order chi connectivity index (χ1) is 13.5. The Morgan fingerprint density at radius 1 is 0.750 bits per heavy atom. The third kappa shape index (κ3) is 5.73. The van der Waals surface area contributed by atoms with Gasteiger partial charge in [-0.1, -0.05) is 38.8 Å². The van der Waals surface area contributed by atoms with E-state index in [-0.39, 0.29) is 19.0 Å². The molecule has 0 saturated heterocycles. The zero-order valence-electron chi connectivity index (χ0n) is 17.1. The molecule has 0 aliphatic heterocycles. The number of aliphatic hydroxyl groups is 2. The summed E-state index contributed by atoms with van der Waals surface area (Å²) < 4.78 is 0. The summed E-state index contributed by atoms with van der Waals surface area (Å²) in [6.45, 7) is 3.88. The molecule has 0 spiro atoms. The van der Waals surface area contributed by atoms with Crippen molar-refractivity contribution in [1.82, 2.24) is 0 Å². The van der Waals surface area contributed by atoms with Crippen LogP contribution < -0.4 is 0 Å². The normalized spacial score (nSPS) is 13.4. The lowest BCUT2D eigenvalue weighted by Gasteiger charge is -2.21. The number of phenols is 2.